The first-order valence-corrected chi connectivity index (χ1v) is 6.47. The minimum absolute atomic E-state index is 0.240. The molecule has 2 aromatic rings. The van der Waals surface area contributed by atoms with E-state index in [0.717, 1.165) is 18.7 Å². The van der Waals surface area contributed by atoms with Gasteiger partial charge in [-0.05, 0) is 43.9 Å². The molecular formula is C15H21N3. The van der Waals surface area contributed by atoms with E-state index in [1.54, 1.807) is 0 Å². The van der Waals surface area contributed by atoms with Crippen LogP contribution in [0.3, 0.4) is 0 Å². The fourth-order valence-corrected chi connectivity index (χ4v) is 2.12. The van der Waals surface area contributed by atoms with Crippen molar-refractivity contribution in [2.75, 3.05) is 0 Å². The second-order valence-electron chi connectivity index (χ2n) is 4.84. The van der Waals surface area contributed by atoms with Crippen LogP contribution in [0.4, 0.5) is 0 Å². The maximum atomic E-state index is 6.02. The van der Waals surface area contributed by atoms with Gasteiger partial charge in [0.1, 0.15) is 5.82 Å². The van der Waals surface area contributed by atoms with Gasteiger partial charge in [0, 0.05) is 24.1 Å². The number of nitrogens with zero attached hydrogens (tertiary/aromatic N) is 2. The average molecular weight is 243 g/mol. The normalized spacial score (nSPS) is 12.7. The van der Waals surface area contributed by atoms with E-state index in [0.29, 0.717) is 0 Å². The zero-order chi connectivity index (χ0) is 13.1. The monoisotopic (exact) mass is 243 g/mol. The third-order valence-corrected chi connectivity index (χ3v) is 3.38. The van der Waals surface area contributed by atoms with Crippen LogP contribution in [0.25, 0.3) is 5.69 Å². The molecule has 3 nitrogen and oxygen atoms in total. The van der Waals surface area contributed by atoms with Crippen LogP contribution in [0.2, 0.25) is 0 Å². The summed E-state index contributed by atoms with van der Waals surface area (Å²) in [5.41, 5.74) is 9.77. The molecule has 1 aromatic heterocycles. The molecule has 0 saturated heterocycles. The molecule has 1 atom stereocenters. The zero-order valence-corrected chi connectivity index (χ0v) is 11.4. The van der Waals surface area contributed by atoms with Crippen molar-refractivity contribution >= 4 is 0 Å². The van der Waals surface area contributed by atoms with Crippen molar-refractivity contribution in [2.45, 2.75) is 39.7 Å². The number of imidazole rings is 1. The van der Waals surface area contributed by atoms with Crippen LogP contribution in [0, 0.1) is 13.8 Å². The van der Waals surface area contributed by atoms with E-state index in [2.05, 4.69) is 41.6 Å². The lowest BCUT2D eigenvalue weighted by molar-refractivity contribution is 0.646. The van der Waals surface area contributed by atoms with Crippen LogP contribution in [0.5, 0.6) is 0 Å². The van der Waals surface area contributed by atoms with Gasteiger partial charge in [0.15, 0.2) is 0 Å². The minimum atomic E-state index is 0.240. The first-order chi connectivity index (χ1) is 8.61. The Kier molecular flexibility index (Phi) is 3.82. The smallest absolute Gasteiger partial charge is 0.110 e. The summed E-state index contributed by atoms with van der Waals surface area (Å²) in [5.74, 6) is 1.01. The summed E-state index contributed by atoms with van der Waals surface area (Å²) in [6.45, 7) is 6.27. The largest absolute Gasteiger partial charge is 0.327 e. The van der Waals surface area contributed by atoms with Gasteiger partial charge in [-0.15, -0.1) is 0 Å². The SMILES string of the molecule is CCC(N)Cc1ccc(C)c(-n2ccnc2C)c1. The Balaban J connectivity index is 2.36. The van der Waals surface area contributed by atoms with Gasteiger partial charge in [0.2, 0.25) is 0 Å². The molecule has 0 spiro atoms. The highest BCUT2D eigenvalue weighted by Gasteiger charge is 2.07. The van der Waals surface area contributed by atoms with Crippen LogP contribution >= 0.6 is 0 Å². The van der Waals surface area contributed by atoms with Gasteiger partial charge in [-0.3, -0.25) is 0 Å². The standard InChI is InChI=1S/C15H21N3/c1-4-14(16)9-13-6-5-11(2)15(10-13)18-8-7-17-12(18)3/h5-8,10,14H,4,9,16H2,1-3H3. The highest BCUT2D eigenvalue weighted by Crippen LogP contribution is 2.18. The first kappa shape index (κ1) is 12.8. The number of aromatic nitrogens is 2. The molecule has 3 heteroatoms. The van der Waals surface area contributed by atoms with Crippen molar-refractivity contribution in [3.05, 3.63) is 47.5 Å². The molecule has 1 unspecified atom stereocenters. The molecule has 0 bridgehead atoms. The molecule has 2 rings (SSSR count). The van der Waals surface area contributed by atoms with E-state index in [1.807, 2.05) is 19.3 Å². The second kappa shape index (κ2) is 5.36. The van der Waals surface area contributed by atoms with Crippen LogP contribution < -0.4 is 5.73 Å². The predicted molar refractivity (Wildman–Crippen MR) is 75.0 cm³/mol. The molecule has 0 amide bonds. The Bertz CT molecular complexity index is 528. The molecule has 18 heavy (non-hydrogen) atoms. The van der Waals surface area contributed by atoms with Gasteiger partial charge in [0.05, 0.1) is 0 Å². The van der Waals surface area contributed by atoms with Gasteiger partial charge in [-0.2, -0.15) is 0 Å². The summed E-state index contributed by atoms with van der Waals surface area (Å²) >= 11 is 0. The van der Waals surface area contributed by atoms with Gasteiger partial charge >= 0.3 is 0 Å². The summed E-state index contributed by atoms with van der Waals surface area (Å²) < 4.78 is 2.12. The van der Waals surface area contributed by atoms with Crippen molar-refractivity contribution in [3.8, 4) is 5.69 Å². The number of nitrogens with two attached hydrogens (primary N) is 1. The summed E-state index contributed by atoms with van der Waals surface area (Å²) in [6, 6.07) is 6.79. The Morgan fingerprint density at radius 1 is 1.33 bits per heavy atom. The Labute approximate surface area is 109 Å². The third kappa shape index (κ3) is 2.62. The molecule has 0 aliphatic carbocycles. The molecule has 0 aliphatic rings. The van der Waals surface area contributed by atoms with E-state index in [1.165, 1.54) is 16.8 Å². The second-order valence-corrected chi connectivity index (χ2v) is 4.84. The van der Waals surface area contributed by atoms with E-state index < -0.39 is 0 Å². The highest BCUT2D eigenvalue weighted by atomic mass is 15.1. The lowest BCUT2D eigenvalue weighted by atomic mass is 10.0. The third-order valence-electron chi connectivity index (χ3n) is 3.38. The molecule has 0 radical (unpaired) electrons. The van der Waals surface area contributed by atoms with Crippen molar-refractivity contribution in [1.29, 1.82) is 0 Å². The van der Waals surface area contributed by atoms with Crippen LogP contribution in [-0.2, 0) is 6.42 Å². The van der Waals surface area contributed by atoms with E-state index >= 15 is 0 Å². The Morgan fingerprint density at radius 3 is 2.72 bits per heavy atom. The van der Waals surface area contributed by atoms with Crippen molar-refractivity contribution in [1.82, 2.24) is 9.55 Å². The maximum Gasteiger partial charge on any atom is 0.110 e. The lowest BCUT2D eigenvalue weighted by Crippen LogP contribution is -2.21. The fourth-order valence-electron chi connectivity index (χ4n) is 2.12. The molecule has 1 aromatic carbocycles. The van der Waals surface area contributed by atoms with E-state index in [-0.39, 0.29) is 6.04 Å². The molecule has 2 N–H and O–H groups in total. The van der Waals surface area contributed by atoms with Crippen molar-refractivity contribution < 1.29 is 0 Å². The van der Waals surface area contributed by atoms with Gasteiger partial charge in [-0.25, -0.2) is 4.98 Å². The number of rotatable bonds is 4. The summed E-state index contributed by atoms with van der Waals surface area (Å²) in [7, 11) is 0. The van der Waals surface area contributed by atoms with Gasteiger partial charge < -0.3 is 10.3 Å². The minimum Gasteiger partial charge on any atom is -0.327 e. The Hall–Kier alpha value is -1.61. The zero-order valence-electron chi connectivity index (χ0n) is 11.4. The maximum absolute atomic E-state index is 6.02. The van der Waals surface area contributed by atoms with Crippen LogP contribution in [-0.4, -0.2) is 15.6 Å². The number of aryl methyl sites for hydroxylation is 2. The van der Waals surface area contributed by atoms with Gasteiger partial charge in [-0.1, -0.05) is 19.1 Å². The Morgan fingerprint density at radius 2 is 2.11 bits per heavy atom. The number of hydrogen-bond acceptors (Lipinski definition) is 2. The molecule has 0 fully saturated rings. The van der Waals surface area contributed by atoms with Crippen molar-refractivity contribution in [2.24, 2.45) is 5.73 Å². The van der Waals surface area contributed by atoms with Gasteiger partial charge in [0.25, 0.3) is 0 Å². The summed E-state index contributed by atoms with van der Waals surface area (Å²) in [4.78, 5) is 4.28. The molecule has 0 saturated carbocycles. The lowest BCUT2D eigenvalue weighted by Gasteiger charge is -2.13. The average Bonchev–Trinajstić information content (AvgIpc) is 2.77. The van der Waals surface area contributed by atoms with E-state index in [9.17, 15) is 0 Å². The predicted octanol–water partition coefficient (Wildman–Crippen LogP) is 2.77. The first-order valence-electron chi connectivity index (χ1n) is 6.47. The summed E-state index contributed by atoms with van der Waals surface area (Å²) in [5, 5.41) is 0. The quantitative estimate of drug-likeness (QED) is 0.897. The van der Waals surface area contributed by atoms with E-state index in [4.69, 9.17) is 5.73 Å². The van der Waals surface area contributed by atoms with Crippen molar-refractivity contribution in [3.63, 3.8) is 0 Å². The molecule has 1 heterocycles. The van der Waals surface area contributed by atoms with Crippen LogP contribution in [0.1, 0.15) is 30.3 Å². The molecule has 0 aliphatic heterocycles. The fraction of sp³-hybridized carbons (Fsp3) is 0.400. The number of hydrogen-bond donors (Lipinski definition) is 1. The number of benzene rings is 1. The topological polar surface area (TPSA) is 43.8 Å². The highest BCUT2D eigenvalue weighted by molar-refractivity contribution is 5.44. The molecule has 96 valence electrons. The van der Waals surface area contributed by atoms with Crippen LogP contribution in [0.15, 0.2) is 30.6 Å². The summed E-state index contributed by atoms with van der Waals surface area (Å²) in [6.07, 6.45) is 5.77. The molecular weight excluding hydrogens is 222 g/mol.